The van der Waals surface area contributed by atoms with Crippen molar-refractivity contribution in [1.29, 1.82) is 0 Å². The summed E-state index contributed by atoms with van der Waals surface area (Å²) in [5.74, 6) is 0.562. The number of fused-ring (bicyclic) bond motifs is 8. The lowest BCUT2D eigenvalue weighted by atomic mass is 9.86. The van der Waals surface area contributed by atoms with Crippen molar-refractivity contribution in [2.75, 3.05) is 24.2 Å². The summed E-state index contributed by atoms with van der Waals surface area (Å²) in [5.41, 5.74) is 5.40. The summed E-state index contributed by atoms with van der Waals surface area (Å²) < 4.78 is 3.62. The fourth-order valence-corrected chi connectivity index (χ4v) is 10.6. The molecule has 0 saturated heterocycles. The highest BCUT2D eigenvalue weighted by Crippen LogP contribution is 2.42. The van der Waals surface area contributed by atoms with Gasteiger partial charge in [-0.25, -0.2) is 29.0 Å². The second-order valence-corrected chi connectivity index (χ2v) is 17.7. The number of aryl methyl sites for hydroxylation is 2. The SMILES string of the molecule is CN(CC(C)(C)O)C(=O)[C@H]1CCc2c(sc3ncnc(Nc4ccn5nccc5c4)c23)C1.O=C(O)[C@H]1CCc2c(sc3ncnc(Nc4ccn5nccc5c4)c23)C1. The summed E-state index contributed by atoms with van der Waals surface area (Å²) in [6, 6.07) is 11.9. The molecule has 0 unspecified atom stereocenters. The molecule has 15 nitrogen and oxygen atoms in total. The fourth-order valence-electron chi connectivity index (χ4n) is 8.07. The number of likely N-dealkylation sites (N-methyl/N-ethyl adjacent to an activating group) is 1. The van der Waals surface area contributed by atoms with Gasteiger partial charge in [0.25, 0.3) is 0 Å². The number of nitrogens with one attached hydrogen (secondary N) is 2. The van der Waals surface area contributed by atoms with Crippen molar-refractivity contribution in [2.45, 2.75) is 58.0 Å². The zero-order chi connectivity index (χ0) is 40.1. The van der Waals surface area contributed by atoms with E-state index in [1.165, 1.54) is 16.0 Å². The van der Waals surface area contributed by atoms with E-state index in [9.17, 15) is 19.8 Å². The molecule has 0 bridgehead atoms. The van der Waals surface area contributed by atoms with Gasteiger partial charge in [0.1, 0.15) is 34.0 Å². The second kappa shape index (κ2) is 15.0. The maximum Gasteiger partial charge on any atom is 0.306 e. The zero-order valence-electron chi connectivity index (χ0n) is 32.1. The van der Waals surface area contributed by atoms with Crippen molar-refractivity contribution in [3.8, 4) is 0 Å². The lowest BCUT2D eigenvalue weighted by Crippen LogP contribution is -2.43. The van der Waals surface area contributed by atoms with Gasteiger partial charge in [-0.1, -0.05) is 0 Å². The molecule has 4 N–H and O–H groups in total. The smallest absolute Gasteiger partial charge is 0.306 e. The molecule has 10 rings (SSSR count). The van der Waals surface area contributed by atoms with Crippen LogP contribution in [0.15, 0.2) is 73.8 Å². The van der Waals surface area contributed by atoms with E-state index in [4.69, 9.17) is 0 Å². The minimum absolute atomic E-state index is 0.0726. The number of hydrogen-bond donors (Lipinski definition) is 4. The Kier molecular flexibility index (Phi) is 9.73. The van der Waals surface area contributed by atoms with Gasteiger partial charge in [0.2, 0.25) is 5.91 Å². The highest BCUT2D eigenvalue weighted by molar-refractivity contribution is 7.19. The highest BCUT2D eigenvalue weighted by atomic mass is 32.1. The molecule has 2 aliphatic rings. The van der Waals surface area contributed by atoms with Gasteiger partial charge in [-0.15, -0.1) is 22.7 Å². The number of rotatable bonds is 8. The molecule has 0 aromatic carbocycles. The number of nitrogens with zero attached hydrogens (tertiary/aromatic N) is 9. The van der Waals surface area contributed by atoms with E-state index in [2.05, 4.69) is 40.8 Å². The average molecular weight is 816 g/mol. The van der Waals surface area contributed by atoms with Crippen molar-refractivity contribution in [3.05, 3.63) is 94.7 Å². The van der Waals surface area contributed by atoms with Crippen LogP contribution in [-0.2, 0) is 35.3 Å². The molecule has 296 valence electrons. The number of aromatic nitrogens is 8. The van der Waals surface area contributed by atoms with E-state index < -0.39 is 11.6 Å². The van der Waals surface area contributed by atoms with Crippen LogP contribution in [0.5, 0.6) is 0 Å². The monoisotopic (exact) mass is 815 g/mol. The van der Waals surface area contributed by atoms with Crippen LogP contribution in [0.25, 0.3) is 31.5 Å². The number of aliphatic hydroxyl groups is 1. The van der Waals surface area contributed by atoms with Gasteiger partial charge >= 0.3 is 5.97 Å². The van der Waals surface area contributed by atoms with Crippen molar-refractivity contribution in [2.24, 2.45) is 11.8 Å². The number of carbonyl (C=O) groups excluding carboxylic acids is 1. The maximum absolute atomic E-state index is 13.0. The van der Waals surface area contributed by atoms with Crippen LogP contribution < -0.4 is 10.6 Å². The molecule has 0 spiro atoms. The van der Waals surface area contributed by atoms with Gasteiger partial charge in [0.15, 0.2) is 0 Å². The number of aliphatic carboxylic acids is 1. The van der Waals surface area contributed by atoms with Crippen LogP contribution in [0, 0.1) is 11.8 Å². The van der Waals surface area contributed by atoms with Crippen molar-refractivity contribution in [3.63, 3.8) is 0 Å². The van der Waals surface area contributed by atoms with Gasteiger partial charge in [-0.3, -0.25) is 9.59 Å². The molecule has 0 saturated carbocycles. The molecule has 58 heavy (non-hydrogen) atoms. The van der Waals surface area contributed by atoms with E-state index in [1.54, 1.807) is 78.0 Å². The Morgan fingerprint density at radius 3 is 1.79 bits per heavy atom. The van der Waals surface area contributed by atoms with Crippen LogP contribution in [0.4, 0.5) is 23.0 Å². The van der Waals surface area contributed by atoms with Crippen LogP contribution in [0.1, 0.15) is 47.6 Å². The molecule has 0 aliphatic heterocycles. The summed E-state index contributed by atoms with van der Waals surface area (Å²) >= 11 is 3.23. The van der Waals surface area contributed by atoms with Crippen molar-refractivity contribution >= 4 is 89.0 Å². The second-order valence-electron chi connectivity index (χ2n) is 15.5. The maximum atomic E-state index is 13.0. The molecule has 0 radical (unpaired) electrons. The average Bonchev–Trinajstić information content (AvgIpc) is 4.01. The lowest BCUT2D eigenvalue weighted by molar-refractivity contribution is -0.142. The van der Waals surface area contributed by atoms with Crippen molar-refractivity contribution < 1.29 is 19.8 Å². The van der Waals surface area contributed by atoms with Gasteiger partial charge in [-0.2, -0.15) is 10.2 Å². The number of thiophene rings is 2. The first kappa shape index (κ1) is 37.5. The van der Waals surface area contributed by atoms with Crippen LogP contribution in [0.2, 0.25) is 0 Å². The Morgan fingerprint density at radius 1 is 0.793 bits per heavy atom. The standard InChI is InChI=1S/C23H26N6O2S.C18H15N5O2S/c1-23(2,31)12-28(3)22(30)14-4-5-17-18(10-14)32-21-19(17)20(24-13-25-21)27-15-7-9-29-16(11-15)6-8-26-29;24-18(25)10-1-2-13-14(7-10)26-17-15(13)16(19-9-20-17)22-11-4-6-23-12(8-11)3-5-21-23/h6-9,11,13-14,31H,4-5,10,12H2,1-3H3,(H,24,25,27);3-6,8-10H,1-2,7H2,(H,24,25)(H,19,20,22)/t14-;10-/m00/s1. The van der Waals surface area contributed by atoms with E-state index in [0.29, 0.717) is 25.8 Å². The van der Waals surface area contributed by atoms with Gasteiger partial charge in [-0.05, 0) is 99.9 Å². The summed E-state index contributed by atoms with van der Waals surface area (Å²) in [4.78, 5) is 48.0. The molecule has 8 aromatic heterocycles. The first-order valence-electron chi connectivity index (χ1n) is 19.1. The molecule has 0 fully saturated rings. The molecule has 2 atom stereocenters. The zero-order valence-corrected chi connectivity index (χ0v) is 33.7. The quantitative estimate of drug-likeness (QED) is 0.128. The predicted octanol–water partition coefficient (Wildman–Crippen LogP) is 6.69. The molecule has 8 heterocycles. The van der Waals surface area contributed by atoms with Crippen LogP contribution in [0.3, 0.4) is 0 Å². The number of carbonyl (C=O) groups is 2. The lowest BCUT2D eigenvalue weighted by Gasteiger charge is -2.30. The Bertz CT molecular complexity index is 2840. The molecule has 8 aromatic rings. The normalized spacial score (nSPS) is 16.5. The third-order valence-electron chi connectivity index (χ3n) is 10.7. The Morgan fingerprint density at radius 2 is 1.29 bits per heavy atom. The molecule has 2 aliphatic carbocycles. The highest BCUT2D eigenvalue weighted by Gasteiger charge is 2.32. The first-order chi connectivity index (χ1) is 28.0. The van der Waals surface area contributed by atoms with Crippen LogP contribution >= 0.6 is 22.7 Å². The van der Waals surface area contributed by atoms with Gasteiger partial charge in [0, 0.05) is 65.4 Å². The van der Waals surface area contributed by atoms with Crippen molar-refractivity contribution in [1.82, 2.24) is 44.1 Å². The van der Waals surface area contributed by atoms with E-state index in [-0.39, 0.29) is 17.7 Å². The largest absolute Gasteiger partial charge is 0.481 e. The Labute approximate surface area is 340 Å². The third-order valence-corrected chi connectivity index (χ3v) is 13.0. The first-order valence-corrected chi connectivity index (χ1v) is 20.7. The van der Waals surface area contributed by atoms with Gasteiger partial charge in [0.05, 0.1) is 33.3 Å². The molecule has 1 amide bonds. The number of carboxylic acid groups (broad SMARTS) is 1. The number of carboxylic acids is 1. The predicted molar refractivity (Wildman–Crippen MR) is 224 cm³/mol. The number of anilines is 4. The minimum Gasteiger partial charge on any atom is -0.481 e. The topological polar surface area (TPSA) is 188 Å². The van der Waals surface area contributed by atoms with Gasteiger partial charge < -0.3 is 25.7 Å². The van der Waals surface area contributed by atoms with E-state index in [0.717, 1.165) is 78.6 Å². The number of pyridine rings is 2. The Hall–Kier alpha value is -6.04. The summed E-state index contributed by atoms with van der Waals surface area (Å²) in [6.45, 7) is 3.77. The summed E-state index contributed by atoms with van der Waals surface area (Å²) in [7, 11) is 1.77. The fraction of sp³-hybridized carbons (Fsp3) is 0.317. The number of hydrogen-bond acceptors (Lipinski definition) is 13. The minimum atomic E-state index is -0.905. The molecule has 17 heteroatoms. The molecular formula is C41H41N11O4S2. The summed E-state index contributed by atoms with van der Waals surface area (Å²) in [5, 5.41) is 36.7. The van der Waals surface area contributed by atoms with E-state index >= 15 is 0 Å². The van der Waals surface area contributed by atoms with E-state index in [1.807, 2.05) is 53.3 Å². The Balaban J connectivity index is 0.000000153. The number of amides is 1. The summed E-state index contributed by atoms with van der Waals surface area (Å²) in [6.07, 6.45) is 14.8. The molecular weight excluding hydrogens is 775 g/mol. The third kappa shape index (κ3) is 7.43. The van der Waals surface area contributed by atoms with Crippen LogP contribution in [-0.4, -0.2) is 85.3 Å².